The predicted octanol–water partition coefficient (Wildman–Crippen LogP) is 3.83. The SMILES string of the molecule is COc1ccc(/C=C2/C[N+](C)(C)C/C(=C/c3ccc(OC)cc3)C2=O)cc1. The van der Waals surface area contributed by atoms with Crippen LogP contribution in [-0.2, 0) is 4.79 Å². The summed E-state index contributed by atoms with van der Waals surface area (Å²) in [6.45, 7) is 1.43. The first-order chi connectivity index (χ1) is 12.9. The molecule has 1 aliphatic heterocycles. The van der Waals surface area contributed by atoms with Crippen LogP contribution in [0.25, 0.3) is 12.2 Å². The molecule has 140 valence electrons. The number of quaternary nitrogens is 1. The Morgan fingerprint density at radius 1 is 0.741 bits per heavy atom. The molecule has 0 bridgehead atoms. The minimum absolute atomic E-state index is 0.124. The van der Waals surface area contributed by atoms with Gasteiger partial charge in [0.25, 0.3) is 0 Å². The van der Waals surface area contributed by atoms with Crippen LogP contribution in [0.3, 0.4) is 0 Å². The van der Waals surface area contributed by atoms with E-state index in [1.165, 1.54) is 0 Å². The lowest BCUT2D eigenvalue weighted by molar-refractivity contribution is -0.881. The molecular weight excluding hydrogens is 338 g/mol. The van der Waals surface area contributed by atoms with Crippen molar-refractivity contribution in [3.05, 3.63) is 70.8 Å². The Hall–Kier alpha value is -2.85. The number of Topliss-reactive ketones (excluding diaryl/α,β-unsaturated/α-hetero) is 1. The largest absolute Gasteiger partial charge is 0.497 e. The molecule has 0 amide bonds. The first-order valence-corrected chi connectivity index (χ1v) is 8.96. The van der Waals surface area contributed by atoms with Crippen molar-refractivity contribution >= 4 is 17.9 Å². The van der Waals surface area contributed by atoms with Gasteiger partial charge in [0.15, 0.2) is 5.78 Å². The molecule has 0 N–H and O–H groups in total. The van der Waals surface area contributed by atoms with Crippen molar-refractivity contribution in [3.63, 3.8) is 0 Å². The van der Waals surface area contributed by atoms with Gasteiger partial charge in [0.2, 0.25) is 0 Å². The second-order valence-corrected chi connectivity index (χ2v) is 7.47. The molecule has 0 atom stereocenters. The predicted molar refractivity (Wildman–Crippen MR) is 109 cm³/mol. The summed E-state index contributed by atoms with van der Waals surface area (Å²) in [6, 6.07) is 15.5. The van der Waals surface area contributed by atoms with Gasteiger partial charge in [0.05, 0.1) is 39.5 Å². The highest BCUT2D eigenvalue weighted by Gasteiger charge is 2.33. The number of carbonyl (C=O) groups is 1. The molecule has 0 saturated carbocycles. The van der Waals surface area contributed by atoms with E-state index in [-0.39, 0.29) is 5.78 Å². The van der Waals surface area contributed by atoms with Crippen molar-refractivity contribution in [1.82, 2.24) is 0 Å². The second kappa shape index (κ2) is 7.80. The van der Waals surface area contributed by atoms with Crippen molar-refractivity contribution in [1.29, 1.82) is 0 Å². The molecule has 1 saturated heterocycles. The Morgan fingerprint density at radius 2 is 1.11 bits per heavy atom. The fraction of sp³-hybridized carbons (Fsp3) is 0.261. The molecule has 1 heterocycles. The molecule has 1 aliphatic rings. The number of likely N-dealkylation sites (tertiary alicyclic amines) is 1. The minimum atomic E-state index is 0.124. The van der Waals surface area contributed by atoms with Crippen LogP contribution in [0.4, 0.5) is 0 Å². The lowest BCUT2D eigenvalue weighted by Crippen LogP contribution is -2.48. The number of piperidine rings is 1. The zero-order valence-electron chi connectivity index (χ0n) is 16.4. The van der Waals surface area contributed by atoms with Crippen molar-refractivity contribution in [2.75, 3.05) is 41.4 Å². The summed E-state index contributed by atoms with van der Waals surface area (Å²) in [4.78, 5) is 13.1. The van der Waals surface area contributed by atoms with Crippen molar-refractivity contribution in [2.45, 2.75) is 0 Å². The third-order valence-corrected chi connectivity index (χ3v) is 4.69. The number of nitrogens with zero attached hydrogens (tertiary/aromatic N) is 1. The van der Waals surface area contributed by atoms with Gasteiger partial charge in [-0.3, -0.25) is 4.79 Å². The Labute approximate surface area is 160 Å². The van der Waals surface area contributed by atoms with E-state index in [0.717, 1.165) is 38.3 Å². The number of rotatable bonds is 4. The number of benzene rings is 2. The highest BCUT2D eigenvalue weighted by Crippen LogP contribution is 2.25. The zero-order chi connectivity index (χ0) is 19.4. The van der Waals surface area contributed by atoms with Crippen LogP contribution in [0, 0.1) is 0 Å². The Balaban J connectivity index is 1.92. The number of ether oxygens (including phenoxy) is 2. The van der Waals surface area contributed by atoms with Gasteiger partial charge >= 0.3 is 0 Å². The standard InChI is InChI=1S/C23H26NO3/c1-24(2)15-19(13-17-5-9-21(26-3)10-6-17)23(25)20(16-24)14-18-7-11-22(27-4)12-8-18/h5-14H,15-16H2,1-4H3/q+1/b19-13-,20-14-. The highest BCUT2D eigenvalue weighted by atomic mass is 16.5. The van der Waals surface area contributed by atoms with Gasteiger partial charge in [0.1, 0.15) is 24.6 Å². The van der Waals surface area contributed by atoms with Gasteiger partial charge in [-0.15, -0.1) is 0 Å². The van der Waals surface area contributed by atoms with E-state index >= 15 is 0 Å². The Bertz CT molecular complexity index is 803. The number of hydrogen-bond donors (Lipinski definition) is 0. The molecule has 0 aliphatic carbocycles. The fourth-order valence-corrected chi connectivity index (χ4v) is 3.35. The van der Waals surface area contributed by atoms with Crippen LogP contribution >= 0.6 is 0 Å². The molecule has 27 heavy (non-hydrogen) atoms. The molecule has 4 nitrogen and oxygen atoms in total. The molecule has 1 fully saturated rings. The third kappa shape index (κ3) is 4.66. The lowest BCUT2D eigenvalue weighted by atomic mass is 9.93. The molecule has 4 heteroatoms. The summed E-state index contributed by atoms with van der Waals surface area (Å²) < 4.78 is 11.2. The summed E-state index contributed by atoms with van der Waals surface area (Å²) in [5, 5.41) is 0. The lowest BCUT2D eigenvalue weighted by Gasteiger charge is -2.35. The van der Waals surface area contributed by atoms with E-state index in [1.807, 2.05) is 60.7 Å². The summed E-state index contributed by atoms with van der Waals surface area (Å²) in [5.41, 5.74) is 3.67. The number of ketones is 1. The average Bonchev–Trinajstić information content (AvgIpc) is 2.66. The number of hydrogen-bond acceptors (Lipinski definition) is 3. The van der Waals surface area contributed by atoms with Crippen LogP contribution in [0.2, 0.25) is 0 Å². The molecule has 0 aromatic heterocycles. The monoisotopic (exact) mass is 364 g/mol. The third-order valence-electron chi connectivity index (χ3n) is 4.69. The zero-order valence-corrected chi connectivity index (χ0v) is 16.4. The number of likely N-dealkylation sites (N-methyl/N-ethyl adjacent to an activating group) is 1. The van der Waals surface area contributed by atoms with Gasteiger partial charge < -0.3 is 14.0 Å². The van der Waals surface area contributed by atoms with Gasteiger partial charge in [-0.25, -0.2) is 0 Å². The summed E-state index contributed by atoms with van der Waals surface area (Å²) in [5.74, 6) is 1.74. The fourth-order valence-electron chi connectivity index (χ4n) is 3.35. The minimum Gasteiger partial charge on any atom is -0.497 e. The van der Waals surface area contributed by atoms with Crippen LogP contribution in [0.5, 0.6) is 11.5 Å². The molecule has 3 rings (SSSR count). The average molecular weight is 364 g/mol. The van der Waals surface area contributed by atoms with Crippen molar-refractivity contribution in [2.24, 2.45) is 0 Å². The molecule has 2 aromatic rings. The van der Waals surface area contributed by atoms with E-state index in [9.17, 15) is 4.79 Å². The van der Waals surface area contributed by atoms with E-state index in [4.69, 9.17) is 9.47 Å². The van der Waals surface area contributed by atoms with Gasteiger partial charge in [0, 0.05) is 0 Å². The van der Waals surface area contributed by atoms with Crippen LogP contribution in [0.15, 0.2) is 59.7 Å². The number of methoxy groups -OCH3 is 2. The smallest absolute Gasteiger partial charge is 0.196 e. The number of carbonyl (C=O) groups excluding carboxylic acids is 1. The van der Waals surface area contributed by atoms with Crippen LogP contribution < -0.4 is 9.47 Å². The first-order valence-electron chi connectivity index (χ1n) is 8.96. The molecule has 0 radical (unpaired) electrons. The molecule has 0 unspecified atom stereocenters. The van der Waals surface area contributed by atoms with E-state index in [0.29, 0.717) is 13.1 Å². The maximum atomic E-state index is 13.1. The van der Waals surface area contributed by atoms with Crippen LogP contribution in [0.1, 0.15) is 11.1 Å². The van der Waals surface area contributed by atoms with E-state index in [1.54, 1.807) is 14.2 Å². The van der Waals surface area contributed by atoms with E-state index in [2.05, 4.69) is 14.1 Å². The Morgan fingerprint density at radius 3 is 1.44 bits per heavy atom. The maximum absolute atomic E-state index is 13.1. The normalized spacial score (nSPS) is 19.3. The quantitative estimate of drug-likeness (QED) is 0.611. The molecular formula is C23H26NO3+. The maximum Gasteiger partial charge on any atom is 0.196 e. The van der Waals surface area contributed by atoms with Gasteiger partial charge in [-0.2, -0.15) is 0 Å². The highest BCUT2D eigenvalue weighted by molar-refractivity contribution is 6.14. The van der Waals surface area contributed by atoms with Crippen molar-refractivity contribution in [3.8, 4) is 11.5 Å². The topological polar surface area (TPSA) is 35.5 Å². The van der Waals surface area contributed by atoms with E-state index < -0.39 is 0 Å². The Kier molecular flexibility index (Phi) is 5.47. The first kappa shape index (κ1) is 18.9. The molecule has 2 aromatic carbocycles. The van der Waals surface area contributed by atoms with Gasteiger partial charge in [-0.1, -0.05) is 24.3 Å². The van der Waals surface area contributed by atoms with Crippen molar-refractivity contribution < 1.29 is 18.8 Å². The second-order valence-electron chi connectivity index (χ2n) is 7.47. The summed E-state index contributed by atoms with van der Waals surface area (Å²) in [6.07, 6.45) is 3.98. The summed E-state index contributed by atoms with van der Waals surface area (Å²) >= 11 is 0. The van der Waals surface area contributed by atoms with Crippen LogP contribution in [-0.4, -0.2) is 51.7 Å². The summed E-state index contributed by atoms with van der Waals surface area (Å²) in [7, 11) is 7.59. The van der Waals surface area contributed by atoms with Gasteiger partial charge in [-0.05, 0) is 47.5 Å². The molecule has 0 spiro atoms.